The molecule has 0 aromatic rings. The van der Waals surface area contributed by atoms with Crippen LogP contribution >= 0.6 is 15.9 Å². The molecule has 1 unspecified atom stereocenters. The highest BCUT2D eigenvalue weighted by atomic mass is 79.9. The highest BCUT2D eigenvalue weighted by molar-refractivity contribution is 9.09. The van der Waals surface area contributed by atoms with Crippen molar-refractivity contribution in [2.45, 2.75) is 52.0 Å². The molecule has 1 rings (SSSR count). The summed E-state index contributed by atoms with van der Waals surface area (Å²) in [7, 11) is 0. The zero-order chi connectivity index (χ0) is 10.6. The fraction of sp³-hybridized carbons (Fsp3) is 0.909. The third kappa shape index (κ3) is 2.97. The molecule has 1 fully saturated rings. The van der Waals surface area contributed by atoms with Crippen molar-refractivity contribution in [2.75, 3.05) is 5.33 Å². The van der Waals surface area contributed by atoms with Gasteiger partial charge in [0, 0.05) is 16.8 Å². The number of carbonyl (C=O) groups excluding carboxylic acids is 1. The number of rotatable bonds is 4. The Labute approximate surface area is 95.0 Å². The van der Waals surface area contributed by atoms with E-state index in [1.165, 1.54) is 12.8 Å². The molecule has 1 saturated carbocycles. The molecule has 2 nitrogen and oxygen atoms in total. The molecule has 0 heterocycles. The highest BCUT2D eigenvalue weighted by Crippen LogP contribution is 2.37. The summed E-state index contributed by atoms with van der Waals surface area (Å²) >= 11 is 3.39. The maximum atomic E-state index is 11.9. The van der Waals surface area contributed by atoms with Gasteiger partial charge in [-0.25, -0.2) is 0 Å². The van der Waals surface area contributed by atoms with Crippen molar-refractivity contribution < 1.29 is 4.79 Å². The van der Waals surface area contributed by atoms with Gasteiger partial charge in [-0.05, 0) is 26.2 Å². The molecule has 0 radical (unpaired) electrons. The van der Waals surface area contributed by atoms with Crippen LogP contribution in [0.5, 0.6) is 0 Å². The molecule has 0 bridgehead atoms. The van der Waals surface area contributed by atoms with E-state index in [0.29, 0.717) is 6.04 Å². The van der Waals surface area contributed by atoms with Gasteiger partial charge in [0.25, 0.3) is 0 Å². The Bertz CT molecular complexity index is 199. The van der Waals surface area contributed by atoms with Gasteiger partial charge in [-0.15, -0.1) is 0 Å². The first-order chi connectivity index (χ1) is 6.58. The van der Waals surface area contributed by atoms with Crippen LogP contribution in [0.25, 0.3) is 0 Å². The normalized spacial score (nSPS) is 21.9. The number of nitrogens with one attached hydrogen (secondary N) is 1. The van der Waals surface area contributed by atoms with Crippen molar-refractivity contribution in [3.8, 4) is 0 Å². The SMILES string of the molecule is CC(CCBr)NC(=O)C1(C)CCCC1. The van der Waals surface area contributed by atoms with Crippen molar-refractivity contribution >= 4 is 21.8 Å². The average molecular weight is 262 g/mol. The summed E-state index contributed by atoms with van der Waals surface area (Å²) in [5.74, 6) is 0.253. The number of amides is 1. The summed E-state index contributed by atoms with van der Waals surface area (Å²) in [6.07, 6.45) is 5.52. The third-order valence-corrected chi connectivity index (χ3v) is 3.63. The number of hydrogen-bond donors (Lipinski definition) is 1. The number of hydrogen-bond acceptors (Lipinski definition) is 1. The largest absolute Gasteiger partial charge is 0.353 e. The van der Waals surface area contributed by atoms with Crippen molar-refractivity contribution in [2.24, 2.45) is 5.41 Å². The smallest absolute Gasteiger partial charge is 0.226 e. The minimum absolute atomic E-state index is 0.0828. The van der Waals surface area contributed by atoms with Gasteiger partial charge in [-0.1, -0.05) is 35.7 Å². The third-order valence-electron chi connectivity index (χ3n) is 3.17. The van der Waals surface area contributed by atoms with E-state index >= 15 is 0 Å². The second-order valence-electron chi connectivity index (χ2n) is 4.62. The van der Waals surface area contributed by atoms with Gasteiger partial charge in [-0.2, -0.15) is 0 Å². The van der Waals surface area contributed by atoms with Gasteiger partial charge < -0.3 is 5.32 Å². The zero-order valence-electron chi connectivity index (χ0n) is 9.11. The Kier molecular flexibility index (Phi) is 4.42. The molecule has 0 spiro atoms. The molecule has 14 heavy (non-hydrogen) atoms. The van der Waals surface area contributed by atoms with Gasteiger partial charge in [0.1, 0.15) is 0 Å². The van der Waals surface area contributed by atoms with Crippen molar-refractivity contribution in [1.29, 1.82) is 0 Å². The Balaban J connectivity index is 2.40. The lowest BCUT2D eigenvalue weighted by atomic mass is 9.87. The topological polar surface area (TPSA) is 29.1 Å². The van der Waals surface area contributed by atoms with Gasteiger partial charge in [-0.3, -0.25) is 4.79 Å². The van der Waals surface area contributed by atoms with E-state index in [2.05, 4.69) is 35.1 Å². The molecule has 1 atom stereocenters. The Morgan fingerprint density at radius 3 is 2.57 bits per heavy atom. The number of alkyl halides is 1. The molecule has 1 N–H and O–H groups in total. The molecule has 0 saturated heterocycles. The van der Waals surface area contributed by atoms with E-state index < -0.39 is 0 Å². The van der Waals surface area contributed by atoms with Crippen LogP contribution in [-0.4, -0.2) is 17.3 Å². The summed E-state index contributed by atoms with van der Waals surface area (Å²) in [4.78, 5) is 11.9. The van der Waals surface area contributed by atoms with Crippen LogP contribution in [-0.2, 0) is 4.79 Å². The van der Waals surface area contributed by atoms with Crippen LogP contribution < -0.4 is 5.32 Å². The summed E-state index contributed by atoms with van der Waals surface area (Å²) < 4.78 is 0. The first-order valence-corrected chi connectivity index (χ1v) is 6.57. The summed E-state index contributed by atoms with van der Waals surface area (Å²) in [5, 5.41) is 4.04. The highest BCUT2D eigenvalue weighted by Gasteiger charge is 2.36. The van der Waals surface area contributed by atoms with Crippen LogP contribution in [0, 0.1) is 5.41 Å². The van der Waals surface area contributed by atoms with Gasteiger partial charge in [0.15, 0.2) is 0 Å². The molecule has 3 heteroatoms. The zero-order valence-corrected chi connectivity index (χ0v) is 10.7. The van der Waals surface area contributed by atoms with Crippen LogP contribution in [0.4, 0.5) is 0 Å². The fourth-order valence-electron chi connectivity index (χ4n) is 2.02. The fourth-order valence-corrected chi connectivity index (χ4v) is 2.70. The van der Waals surface area contributed by atoms with E-state index in [9.17, 15) is 4.79 Å². The van der Waals surface area contributed by atoms with E-state index in [0.717, 1.165) is 24.6 Å². The Hall–Kier alpha value is -0.0500. The Morgan fingerprint density at radius 2 is 2.07 bits per heavy atom. The van der Waals surface area contributed by atoms with Crippen molar-refractivity contribution in [3.05, 3.63) is 0 Å². The second-order valence-corrected chi connectivity index (χ2v) is 5.41. The maximum Gasteiger partial charge on any atom is 0.226 e. The van der Waals surface area contributed by atoms with Gasteiger partial charge in [0.05, 0.1) is 0 Å². The first kappa shape index (κ1) is 12.0. The molecular weight excluding hydrogens is 242 g/mol. The second kappa shape index (κ2) is 5.15. The first-order valence-electron chi connectivity index (χ1n) is 5.45. The lowest BCUT2D eigenvalue weighted by molar-refractivity contribution is -0.130. The summed E-state index contributed by atoms with van der Waals surface area (Å²) in [5.41, 5.74) is -0.0828. The number of halogens is 1. The molecule has 82 valence electrons. The lowest BCUT2D eigenvalue weighted by Crippen LogP contribution is -2.42. The molecular formula is C11H20BrNO. The summed E-state index contributed by atoms with van der Waals surface area (Å²) in [6, 6.07) is 0.291. The quantitative estimate of drug-likeness (QED) is 0.775. The Morgan fingerprint density at radius 1 is 1.50 bits per heavy atom. The predicted octanol–water partition coefficient (Wildman–Crippen LogP) is 2.86. The van der Waals surface area contributed by atoms with Crippen LogP contribution in [0.3, 0.4) is 0 Å². The molecule has 1 amide bonds. The maximum absolute atomic E-state index is 11.9. The predicted molar refractivity (Wildman–Crippen MR) is 62.6 cm³/mol. The van der Waals surface area contributed by atoms with E-state index in [-0.39, 0.29) is 11.3 Å². The van der Waals surface area contributed by atoms with Crippen LogP contribution in [0.1, 0.15) is 46.0 Å². The van der Waals surface area contributed by atoms with E-state index in [4.69, 9.17) is 0 Å². The van der Waals surface area contributed by atoms with Crippen molar-refractivity contribution in [3.63, 3.8) is 0 Å². The monoisotopic (exact) mass is 261 g/mol. The molecule has 1 aliphatic carbocycles. The summed E-state index contributed by atoms with van der Waals surface area (Å²) in [6.45, 7) is 4.16. The minimum Gasteiger partial charge on any atom is -0.353 e. The van der Waals surface area contributed by atoms with E-state index in [1.807, 2.05) is 0 Å². The molecule has 0 aromatic heterocycles. The lowest BCUT2D eigenvalue weighted by Gasteiger charge is -2.24. The van der Waals surface area contributed by atoms with Crippen molar-refractivity contribution in [1.82, 2.24) is 5.32 Å². The molecule has 0 aromatic carbocycles. The standard InChI is InChI=1S/C11H20BrNO/c1-9(5-8-12)13-10(14)11(2)6-3-4-7-11/h9H,3-8H2,1-2H3,(H,13,14). The van der Waals surface area contributed by atoms with Gasteiger partial charge in [0.2, 0.25) is 5.91 Å². The molecule has 0 aliphatic heterocycles. The van der Waals surface area contributed by atoms with Crippen LogP contribution in [0.15, 0.2) is 0 Å². The molecule has 1 aliphatic rings. The van der Waals surface area contributed by atoms with Gasteiger partial charge >= 0.3 is 0 Å². The average Bonchev–Trinajstić information content (AvgIpc) is 2.54. The van der Waals surface area contributed by atoms with E-state index in [1.54, 1.807) is 0 Å². The van der Waals surface area contributed by atoms with Crippen LogP contribution in [0.2, 0.25) is 0 Å². The minimum atomic E-state index is -0.0828. The number of carbonyl (C=O) groups is 1.